The maximum Gasteiger partial charge on any atom is 0.118 e. The molecule has 158 valence electrons. The number of hydrogen-bond donors (Lipinski definition) is 0. The predicted octanol–water partition coefficient (Wildman–Crippen LogP) is 7.11. The maximum absolute atomic E-state index is 5.31. The molecule has 0 heterocycles. The van der Waals surface area contributed by atoms with Gasteiger partial charge in [0.25, 0.3) is 0 Å². The molecule has 3 heteroatoms. The van der Waals surface area contributed by atoms with Gasteiger partial charge in [-0.3, -0.25) is 0 Å². The smallest absolute Gasteiger partial charge is 0.118 e. The third-order valence-corrected chi connectivity index (χ3v) is 10.2. The molecule has 0 radical (unpaired) electrons. The van der Waals surface area contributed by atoms with Crippen LogP contribution in [0, 0.1) is 5.92 Å². The van der Waals surface area contributed by atoms with E-state index >= 15 is 0 Å². The van der Waals surface area contributed by atoms with Crippen LogP contribution in [0.1, 0.15) is 33.6 Å². The van der Waals surface area contributed by atoms with E-state index in [1.165, 1.54) is 28.3 Å². The number of rotatable bonds is 10. The summed E-state index contributed by atoms with van der Waals surface area (Å²) < 4.78 is 5.31. The van der Waals surface area contributed by atoms with Gasteiger partial charge in [0.1, 0.15) is 5.75 Å². The predicted molar refractivity (Wildman–Crippen MR) is 135 cm³/mol. The zero-order chi connectivity index (χ0) is 21.3. The van der Waals surface area contributed by atoms with Gasteiger partial charge in [-0.15, -0.1) is 11.8 Å². The highest BCUT2D eigenvalue weighted by Gasteiger charge is 2.31. The van der Waals surface area contributed by atoms with Crippen LogP contribution in [-0.4, -0.2) is 18.0 Å². The minimum Gasteiger partial charge on any atom is -0.497 e. The zero-order valence-corrected chi connectivity index (χ0v) is 20.2. The van der Waals surface area contributed by atoms with Crippen molar-refractivity contribution >= 4 is 30.3 Å². The van der Waals surface area contributed by atoms with Crippen molar-refractivity contribution in [3.63, 3.8) is 0 Å². The maximum atomic E-state index is 5.31. The molecule has 3 atom stereocenters. The van der Waals surface area contributed by atoms with Gasteiger partial charge in [-0.25, -0.2) is 0 Å². The molecule has 0 bridgehead atoms. The van der Waals surface area contributed by atoms with E-state index in [4.69, 9.17) is 4.74 Å². The summed E-state index contributed by atoms with van der Waals surface area (Å²) in [4.78, 5) is 1.31. The fourth-order valence-corrected chi connectivity index (χ4v) is 8.46. The van der Waals surface area contributed by atoms with Crippen molar-refractivity contribution in [1.82, 2.24) is 0 Å². The first-order valence-electron chi connectivity index (χ1n) is 10.8. The van der Waals surface area contributed by atoms with Crippen LogP contribution in [0.3, 0.4) is 0 Å². The topological polar surface area (TPSA) is 9.23 Å². The van der Waals surface area contributed by atoms with Crippen LogP contribution in [0.25, 0.3) is 0 Å². The Morgan fingerprint density at radius 1 is 0.800 bits per heavy atom. The summed E-state index contributed by atoms with van der Waals surface area (Å²) in [5, 5.41) is 3.52. The first kappa shape index (κ1) is 22.9. The largest absolute Gasteiger partial charge is 0.497 e. The minimum absolute atomic E-state index is 0.408. The molecule has 3 rings (SSSR count). The molecule has 1 unspecified atom stereocenters. The summed E-state index contributed by atoms with van der Waals surface area (Å²) in [6, 6.07) is 30.8. The van der Waals surface area contributed by atoms with Crippen LogP contribution in [0.15, 0.2) is 89.8 Å². The lowest BCUT2D eigenvalue weighted by molar-refractivity contribution is 0.414. The quantitative estimate of drug-likeness (QED) is 0.247. The number of methoxy groups -OCH3 is 1. The van der Waals surface area contributed by atoms with Crippen molar-refractivity contribution < 1.29 is 4.74 Å². The Morgan fingerprint density at radius 3 is 1.80 bits per heavy atom. The third kappa shape index (κ3) is 5.90. The summed E-state index contributed by atoms with van der Waals surface area (Å²) >= 11 is 1.99. The van der Waals surface area contributed by atoms with E-state index in [0.29, 0.717) is 16.8 Å². The van der Waals surface area contributed by atoms with Crippen molar-refractivity contribution in [1.29, 1.82) is 0 Å². The van der Waals surface area contributed by atoms with E-state index in [1.54, 1.807) is 7.11 Å². The van der Waals surface area contributed by atoms with Crippen LogP contribution in [0.2, 0.25) is 0 Å². The number of thioether (sulfide) groups is 1. The van der Waals surface area contributed by atoms with E-state index in [9.17, 15) is 0 Å². The first-order valence-corrected chi connectivity index (χ1v) is 13.1. The second-order valence-electron chi connectivity index (χ2n) is 7.75. The van der Waals surface area contributed by atoms with Gasteiger partial charge in [0.2, 0.25) is 0 Å². The molecule has 0 aromatic heterocycles. The molecule has 0 N–H and O–H groups in total. The number of benzene rings is 3. The van der Waals surface area contributed by atoms with Crippen LogP contribution in [0.4, 0.5) is 0 Å². The summed E-state index contributed by atoms with van der Waals surface area (Å²) in [5.41, 5.74) is 0.649. The molecule has 30 heavy (non-hydrogen) atoms. The van der Waals surface area contributed by atoms with E-state index in [2.05, 4.69) is 106 Å². The molecule has 1 nitrogen and oxygen atoms in total. The summed E-state index contributed by atoms with van der Waals surface area (Å²) in [6.07, 6.45) is 2.47. The number of ether oxygens (including phenoxy) is 1. The Hall–Kier alpha value is -1.76. The average Bonchev–Trinajstić information content (AvgIpc) is 2.80. The van der Waals surface area contributed by atoms with Crippen molar-refractivity contribution in [3.8, 4) is 5.75 Å². The second kappa shape index (κ2) is 11.6. The molecule has 0 spiro atoms. The molecule has 0 aliphatic rings. The van der Waals surface area contributed by atoms with Gasteiger partial charge >= 0.3 is 0 Å². The molecule has 0 aliphatic heterocycles. The lowest BCUT2D eigenvalue weighted by Crippen LogP contribution is -2.31. The lowest BCUT2D eigenvalue weighted by Gasteiger charge is -2.36. The molecule has 0 saturated heterocycles. The van der Waals surface area contributed by atoms with Gasteiger partial charge in [-0.2, -0.15) is 0 Å². The fourth-order valence-electron chi connectivity index (χ4n) is 3.92. The SMILES string of the molecule is CCCC([C@H](C)[C@H](C)Sc1ccc(OC)cc1)P(c1ccccc1)c1ccccc1. The van der Waals surface area contributed by atoms with E-state index in [1.807, 2.05) is 11.8 Å². The second-order valence-corrected chi connectivity index (χ2v) is 11.6. The summed E-state index contributed by atoms with van der Waals surface area (Å²) in [5.74, 6) is 1.52. The van der Waals surface area contributed by atoms with Crippen LogP contribution >= 0.6 is 19.7 Å². The molecular weight excluding hydrogens is 403 g/mol. The van der Waals surface area contributed by atoms with Crippen LogP contribution in [-0.2, 0) is 0 Å². The molecule has 0 saturated carbocycles. The first-order chi connectivity index (χ1) is 14.6. The Bertz CT molecular complexity index is 827. The molecule has 0 aliphatic carbocycles. The van der Waals surface area contributed by atoms with Crippen molar-refractivity contribution in [2.45, 2.75) is 49.4 Å². The fraction of sp³-hybridized carbons (Fsp3) is 0.333. The Balaban J connectivity index is 1.88. The molecular formula is C27H33OPS. The Morgan fingerprint density at radius 2 is 1.33 bits per heavy atom. The summed E-state index contributed by atoms with van der Waals surface area (Å²) in [7, 11) is 1.31. The van der Waals surface area contributed by atoms with Gasteiger partial charge in [0.15, 0.2) is 0 Å². The lowest BCUT2D eigenvalue weighted by atomic mass is 10.0. The van der Waals surface area contributed by atoms with Gasteiger partial charge in [-0.1, -0.05) is 87.9 Å². The monoisotopic (exact) mass is 436 g/mol. The van der Waals surface area contributed by atoms with Crippen molar-refractivity contribution in [2.75, 3.05) is 7.11 Å². The highest BCUT2D eigenvalue weighted by atomic mass is 32.2. The van der Waals surface area contributed by atoms with Crippen molar-refractivity contribution in [3.05, 3.63) is 84.9 Å². The van der Waals surface area contributed by atoms with E-state index < -0.39 is 7.92 Å². The van der Waals surface area contributed by atoms with Gasteiger partial charge in [0.05, 0.1) is 7.11 Å². The zero-order valence-electron chi connectivity index (χ0n) is 18.5. The molecule has 3 aromatic rings. The summed E-state index contributed by atoms with van der Waals surface area (Å²) in [6.45, 7) is 7.18. The molecule has 0 fully saturated rings. The van der Waals surface area contributed by atoms with Gasteiger partial charge in [0, 0.05) is 10.1 Å². The highest BCUT2D eigenvalue weighted by Crippen LogP contribution is 2.48. The van der Waals surface area contributed by atoms with Crippen LogP contribution in [0.5, 0.6) is 5.75 Å². The highest BCUT2D eigenvalue weighted by molar-refractivity contribution is 8.00. The normalized spacial score (nSPS) is 14.3. The standard InChI is InChI=1S/C27H33OPS/c1-5-12-27(21(2)22(3)30-26-19-17-23(28-4)18-20-26)29(24-13-8-6-9-14-24)25-15-10-7-11-16-25/h6-11,13-22,27H,5,12H2,1-4H3/t21-,22+,27?/m1/s1. The third-order valence-electron chi connectivity index (χ3n) is 5.71. The van der Waals surface area contributed by atoms with Crippen molar-refractivity contribution in [2.24, 2.45) is 5.92 Å². The van der Waals surface area contributed by atoms with E-state index in [-0.39, 0.29) is 0 Å². The minimum atomic E-state index is -0.408. The van der Waals surface area contributed by atoms with Gasteiger partial charge in [-0.05, 0) is 60.8 Å². The molecule has 0 amide bonds. The Kier molecular flexibility index (Phi) is 8.85. The average molecular weight is 437 g/mol. The molecule has 3 aromatic carbocycles. The Labute approximate surface area is 188 Å². The van der Waals surface area contributed by atoms with Crippen LogP contribution < -0.4 is 15.3 Å². The van der Waals surface area contributed by atoms with E-state index in [0.717, 1.165) is 5.75 Å². The van der Waals surface area contributed by atoms with Gasteiger partial charge < -0.3 is 4.74 Å². The number of hydrogen-bond acceptors (Lipinski definition) is 2.